The minimum atomic E-state index is -0.997. The lowest BCUT2D eigenvalue weighted by Gasteiger charge is -2.28. The van der Waals surface area contributed by atoms with Gasteiger partial charge in [-0.2, -0.15) is 0 Å². The summed E-state index contributed by atoms with van der Waals surface area (Å²) in [5.41, 5.74) is 0.246. The van der Waals surface area contributed by atoms with Crippen LogP contribution in [-0.4, -0.2) is 87.3 Å². The molecule has 0 saturated carbocycles. The molecule has 2 aromatic carbocycles. The molecular weight excluding hydrogens is 468 g/mol. The standard InChI is InChI=1S/C26H32N2O8/c1-27(2)12-7-13-28-21(17-10-11-19(34-4)25(36-6)24(17)35-5)20(23(31)26(28)32)22(30)16-9-8-15(33-3)14-18(16)29/h8-11,14,21,29-30H,7,12-13H2,1-6H3/b22-20+. The quantitative estimate of drug-likeness (QED) is 0.288. The maximum atomic E-state index is 13.3. The number of carbonyl (C=O) groups is 2. The topological polar surface area (TPSA) is 118 Å². The molecule has 1 aliphatic rings. The van der Waals surface area contributed by atoms with Crippen LogP contribution in [0.3, 0.4) is 0 Å². The maximum Gasteiger partial charge on any atom is 0.295 e. The van der Waals surface area contributed by atoms with Gasteiger partial charge >= 0.3 is 0 Å². The summed E-state index contributed by atoms with van der Waals surface area (Å²) in [6.07, 6.45) is 0.583. The zero-order valence-electron chi connectivity index (χ0n) is 21.3. The Morgan fingerprint density at radius 3 is 2.22 bits per heavy atom. The lowest BCUT2D eigenvalue weighted by Crippen LogP contribution is -2.32. The molecule has 0 aliphatic carbocycles. The molecule has 36 heavy (non-hydrogen) atoms. The largest absolute Gasteiger partial charge is 0.507 e. The Bertz CT molecular complexity index is 1170. The average Bonchev–Trinajstić information content (AvgIpc) is 3.11. The molecule has 2 aromatic rings. The number of aromatic hydroxyl groups is 1. The van der Waals surface area contributed by atoms with Crippen LogP contribution >= 0.6 is 0 Å². The molecule has 0 spiro atoms. The first kappa shape index (κ1) is 26.7. The van der Waals surface area contributed by atoms with Gasteiger partial charge in [-0.25, -0.2) is 0 Å². The molecule has 2 N–H and O–H groups in total. The summed E-state index contributed by atoms with van der Waals surface area (Å²) < 4.78 is 21.6. The number of amides is 1. The maximum absolute atomic E-state index is 13.3. The van der Waals surface area contributed by atoms with Crippen molar-refractivity contribution in [3.05, 3.63) is 47.0 Å². The van der Waals surface area contributed by atoms with E-state index in [2.05, 4.69) is 0 Å². The number of benzene rings is 2. The number of rotatable bonds is 10. The second-order valence-electron chi connectivity index (χ2n) is 8.46. The van der Waals surface area contributed by atoms with Crippen molar-refractivity contribution in [2.24, 2.45) is 0 Å². The minimum Gasteiger partial charge on any atom is -0.507 e. The fourth-order valence-corrected chi connectivity index (χ4v) is 4.31. The van der Waals surface area contributed by atoms with Crippen molar-refractivity contribution in [3.63, 3.8) is 0 Å². The predicted octanol–water partition coefficient (Wildman–Crippen LogP) is 2.80. The second-order valence-corrected chi connectivity index (χ2v) is 8.46. The third-order valence-corrected chi connectivity index (χ3v) is 6.03. The van der Waals surface area contributed by atoms with Gasteiger partial charge in [0.15, 0.2) is 11.5 Å². The first-order valence-corrected chi connectivity index (χ1v) is 11.3. The lowest BCUT2D eigenvalue weighted by atomic mass is 9.93. The highest BCUT2D eigenvalue weighted by molar-refractivity contribution is 6.46. The van der Waals surface area contributed by atoms with E-state index in [-0.39, 0.29) is 34.9 Å². The number of methoxy groups -OCH3 is 4. The van der Waals surface area contributed by atoms with E-state index in [1.54, 1.807) is 12.1 Å². The van der Waals surface area contributed by atoms with Crippen LogP contribution in [0.1, 0.15) is 23.6 Å². The smallest absolute Gasteiger partial charge is 0.295 e. The number of aliphatic hydroxyl groups excluding tert-OH is 1. The SMILES string of the molecule is COc1ccc(/C(O)=C2\C(=O)C(=O)N(CCCN(C)C)C2c2ccc(OC)c(OC)c2OC)c(O)c1. The number of ether oxygens (including phenoxy) is 4. The number of Topliss-reactive ketones (excluding diaryl/α,β-unsaturated/α-hetero) is 1. The summed E-state index contributed by atoms with van der Waals surface area (Å²) >= 11 is 0. The van der Waals surface area contributed by atoms with Crippen LogP contribution in [0.2, 0.25) is 0 Å². The zero-order valence-corrected chi connectivity index (χ0v) is 21.3. The minimum absolute atomic E-state index is 0.00784. The molecule has 1 unspecified atom stereocenters. The Hall–Kier alpha value is -3.92. The van der Waals surface area contributed by atoms with Crippen molar-refractivity contribution >= 4 is 17.4 Å². The highest BCUT2D eigenvalue weighted by Crippen LogP contribution is 2.49. The van der Waals surface area contributed by atoms with Crippen molar-refractivity contribution in [2.75, 3.05) is 55.6 Å². The number of hydrogen-bond acceptors (Lipinski definition) is 9. The number of nitrogens with zero attached hydrogens (tertiary/aromatic N) is 2. The van der Waals surface area contributed by atoms with Crippen molar-refractivity contribution in [1.82, 2.24) is 9.80 Å². The molecule has 1 amide bonds. The van der Waals surface area contributed by atoms with Crippen molar-refractivity contribution in [3.8, 4) is 28.7 Å². The Balaban J connectivity index is 2.26. The number of phenols is 1. The molecule has 0 aromatic heterocycles. The average molecular weight is 501 g/mol. The van der Waals surface area contributed by atoms with Gasteiger partial charge in [-0.05, 0) is 51.3 Å². The molecule has 194 valence electrons. The van der Waals surface area contributed by atoms with Crippen molar-refractivity contribution in [2.45, 2.75) is 12.5 Å². The normalized spacial score (nSPS) is 17.0. The highest BCUT2D eigenvalue weighted by atomic mass is 16.5. The van der Waals surface area contributed by atoms with Crippen LogP contribution in [0.25, 0.3) is 5.76 Å². The number of carbonyl (C=O) groups excluding carboxylic acids is 2. The molecule has 1 atom stereocenters. The summed E-state index contributed by atoms with van der Waals surface area (Å²) in [5.74, 6) is -1.13. The summed E-state index contributed by atoms with van der Waals surface area (Å²) in [7, 11) is 9.64. The first-order chi connectivity index (χ1) is 17.2. The molecule has 1 aliphatic heterocycles. The van der Waals surface area contributed by atoms with Gasteiger partial charge in [0.2, 0.25) is 5.75 Å². The fourth-order valence-electron chi connectivity index (χ4n) is 4.31. The Morgan fingerprint density at radius 2 is 1.67 bits per heavy atom. The van der Waals surface area contributed by atoms with Crippen molar-refractivity contribution < 1.29 is 38.7 Å². The van der Waals surface area contributed by atoms with Crippen LogP contribution in [0.5, 0.6) is 28.7 Å². The Labute approximate surface area is 210 Å². The zero-order chi connectivity index (χ0) is 26.6. The van der Waals surface area contributed by atoms with E-state index in [0.717, 1.165) is 0 Å². The highest BCUT2D eigenvalue weighted by Gasteiger charge is 2.47. The van der Waals surface area contributed by atoms with Gasteiger partial charge < -0.3 is 39.0 Å². The fraction of sp³-hybridized carbons (Fsp3) is 0.385. The van der Waals surface area contributed by atoms with Crippen LogP contribution in [0, 0.1) is 0 Å². The van der Waals surface area contributed by atoms with Gasteiger partial charge in [0.25, 0.3) is 11.7 Å². The van der Waals surface area contributed by atoms with Gasteiger partial charge in [-0.15, -0.1) is 0 Å². The molecule has 3 rings (SSSR count). The third kappa shape index (κ3) is 4.90. The van der Waals surface area contributed by atoms with Crippen LogP contribution in [-0.2, 0) is 9.59 Å². The van der Waals surface area contributed by atoms with Gasteiger partial charge in [-0.1, -0.05) is 0 Å². The lowest BCUT2D eigenvalue weighted by molar-refractivity contribution is -0.140. The number of phenolic OH excluding ortho intramolecular Hbond substituents is 1. The molecule has 0 radical (unpaired) electrons. The number of hydrogen-bond donors (Lipinski definition) is 2. The number of likely N-dealkylation sites (tertiary alicyclic amines) is 1. The first-order valence-electron chi connectivity index (χ1n) is 11.3. The molecular formula is C26H32N2O8. The summed E-state index contributed by atoms with van der Waals surface area (Å²) in [6, 6.07) is 6.58. The van der Waals surface area contributed by atoms with Crippen LogP contribution < -0.4 is 18.9 Å². The van der Waals surface area contributed by atoms with Crippen molar-refractivity contribution in [1.29, 1.82) is 0 Å². The van der Waals surface area contributed by atoms with E-state index in [0.29, 0.717) is 30.0 Å². The van der Waals surface area contributed by atoms with Gasteiger partial charge in [-0.3, -0.25) is 9.59 Å². The Morgan fingerprint density at radius 1 is 0.972 bits per heavy atom. The monoisotopic (exact) mass is 500 g/mol. The predicted molar refractivity (Wildman–Crippen MR) is 133 cm³/mol. The van der Waals surface area contributed by atoms with Gasteiger partial charge in [0.1, 0.15) is 17.3 Å². The number of ketones is 1. The molecule has 10 nitrogen and oxygen atoms in total. The van der Waals surface area contributed by atoms with E-state index in [9.17, 15) is 19.8 Å². The van der Waals surface area contributed by atoms with E-state index in [1.807, 2.05) is 19.0 Å². The molecule has 0 bridgehead atoms. The summed E-state index contributed by atoms with van der Waals surface area (Å²) in [4.78, 5) is 29.9. The molecule has 1 fully saturated rings. The van der Waals surface area contributed by atoms with E-state index in [4.69, 9.17) is 18.9 Å². The van der Waals surface area contributed by atoms with Gasteiger partial charge in [0.05, 0.1) is 45.6 Å². The molecule has 1 saturated heterocycles. The van der Waals surface area contributed by atoms with E-state index >= 15 is 0 Å². The second kappa shape index (κ2) is 11.2. The van der Waals surface area contributed by atoms with Crippen LogP contribution in [0.15, 0.2) is 35.9 Å². The Kier molecular flexibility index (Phi) is 8.31. The van der Waals surface area contributed by atoms with Gasteiger partial charge in [0, 0.05) is 18.2 Å². The van der Waals surface area contributed by atoms with E-state index in [1.165, 1.54) is 51.5 Å². The number of aliphatic hydroxyl groups is 1. The van der Waals surface area contributed by atoms with Crippen LogP contribution in [0.4, 0.5) is 0 Å². The third-order valence-electron chi connectivity index (χ3n) is 6.03. The summed E-state index contributed by atoms with van der Waals surface area (Å²) in [6.45, 7) is 0.925. The molecule has 10 heteroatoms. The van der Waals surface area contributed by atoms with E-state index < -0.39 is 23.5 Å². The summed E-state index contributed by atoms with van der Waals surface area (Å²) in [5, 5.41) is 21.8. The molecule has 1 heterocycles.